The molecule has 5 nitrogen and oxygen atoms in total. The topological polar surface area (TPSA) is 58.6 Å². The van der Waals surface area contributed by atoms with Gasteiger partial charge in [-0.05, 0) is 37.1 Å². The lowest BCUT2D eigenvalue weighted by atomic mass is 9.71. The van der Waals surface area contributed by atoms with Crippen molar-refractivity contribution in [2.24, 2.45) is 11.3 Å². The first-order chi connectivity index (χ1) is 13.2. The van der Waals surface area contributed by atoms with Crippen molar-refractivity contribution in [3.8, 4) is 0 Å². The summed E-state index contributed by atoms with van der Waals surface area (Å²) in [5.74, 6) is -0.239. The van der Waals surface area contributed by atoms with Crippen LogP contribution in [-0.2, 0) is 9.53 Å². The fourth-order valence-corrected chi connectivity index (χ4v) is 4.28. The lowest BCUT2D eigenvalue weighted by Crippen LogP contribution is -2.42. The van der Waals surface area contributed by atoms with Gasteiger partial charge in [-0.15, -0.1) is 0 Å². The molecule has 0 bridgehead atoms. The molecule has 2 aliphatic rings. The van der Waals surface area contributed by atoms with E-state index in [1.807, 2.05) is 65.6 Å². The smallest absolute Gasteiger partial charge is 0.253 e. The van der Waals surface area contributed by atoms with Crippen LogP contribution in [0.4, 0.5) is 5.69 Å². The Morgan fingerprint density at radius 3 is 2.26 bits per heavy atom. The quantitative estimate of drug-likeness (QED) is 0.910. The van der Waals surface area contributed by atoms with E-state index in [2.05, 4.69) is 5.32 Å². The molecule has 1 spiro atoms. The van der Waals surface area contributed by atoms with Crippen LogP contribution in [0.1, 0.15) is 23.2 Å². The minimum atomic E-state index is -0.228. The van der Waals surface area contributed by atoms with E-state index in [1.54, 1.807) is 0 Å². The largest absolute Gasteiger partial charge is 0.381 e. The van der Waals surface area contributed by atoms with Crippen molar-refractivity contribution < 1.29 is 14.3 Å². The van der Waals surface area contributed by atoms with Crippen LogP contribution >= 0.6 is 0 Å². The summed E-state index contributed by atoms with van der Waals surface area (Å²) in [6, 6.07) is 18.8. The van der Waals surface area contributed by atoms with Gasteiger partial charge in [0.25, 0.3) is 5.91 Å². The maximum atomic E-state index is 13.1. The van der Waals surface area contributed by atoms with Crippen molar-refractivity contribution in [2.75, 3.05) is 31.6 Å². The van der Waals surface area contributed by atoms with Crippen LogP contribution < -0.4 is 5.32 Å². The van der Waals surface area contributed by atoms with Crippen LogP contribution in [0.15, 0.2) is 60.7 Å². The summed E-state index contributed by atoms with van der Waals surface area (Å²) < 4.78 is 5.55. The van der Waals surface area contributed by atoms with Crippen LogP contribution in [0.3, 0.4) is 0 Å². The molecule has 1 unspecified atom stereocenters. The Labute approximate surface area is 159 Å². The van der Waals surface area contributed by atoms with Crippen LogP contribution in [-0.4, -0.2) is 43.0 Å². The number of hydrogen-bond donors (Lipinski definition) is 1. The van der Waals surface area contributed by atoms with E-state index in [0.717, 1.165) is 18.5 Å². The van der Waals surface area contributed by atoms with Gasteiger partial charge in [-0.3, -0.25) is 9.59 Å². The van der Waals surface area contributed by atoms with Crippen molar-refractivity contribution in [3.05, 3.63) is 66.2 Å². The normalized spacial score (nSPS) is 21.2. The summed E-state index contributed by atoms with van der Waals surface area (Å²) in [6.07, 6.45) is 1.61. The van der Waals surface area contributed by atoms with Crippen molar-refractivity contribution >= 4 is 17.5 Å². The third kappa shape index (κ3) is 3.60. The Kier molecular flexibility index (Phi) is 4.94. The molecule has 5 heteroatoms. The van der Waals surface area contributed by atoms with E-state index in [9.17, 15) is 9.59 Å². The highest BCUT2D eigenvalue weighted by Crippen LogP contribution is 2.45. The van der Waals surface area contributed by atoms with Gasteiger partial charge >= 0.3 is 0 Å². The lowest BCUT2D eigenvalue weighted by molar-refractivity contribution is -0.124. The molecular formula is C22H24N2O3. The molecule has 0 aliphatic carbocycles. The van der Waals surface area contributed by atoms with Crippen LogP contribution in [0, 0.1) is 11.3 Å². The van der Waals surface area contributed by atoms with Gasteiger partial charge in [-0.2, -0.15) is 0 Å². The van der Waals surface area contributed by atoms with Gasteiger partial charge in [0.15, 0.2) is 0 Å². The standard InChI is InChI=1S/C22H24N2O3/c25-20(23-18-9-5-2-6-10-18)19-15-24(16-22(19)11-13-27-14-12-22)21(26)17-7-3-1-4-8-17/h1-10,19H,11-16H2,(H,23,25). The Hall–Kier alpha value is -2.66. The summed E-state index contributed by atoms with van der Waals surface area (Å²) in [6.45, 7) is 2.34. The number of nitrogens with one attached hydrogen (secondary N) is 1. The van der Waals surface area contributed by atoms with Crippen LogP contribution in [0.25, 0.3) is 0 Å². The fraction of sp³-hybridized carbons (Fsp3) is 0.364. The van der Waals surface area contributed by atoms with Gasteiger partial charge < -0.3 is 15.0 Å². The highest BCUT2D eigenvalue weighted by atomic mass is 16.5. The summed E-state index contributed by atoms with van der Waals surface area (Å²) in [4.78, 5) is 27.9. The molecular weight excluding hydrogens is 340 g/mol. The van der Waals surface area contributed by atoms with Gasteiger partial charge in [0.2, 0.25) is 5.91 Å². The van der Waals surface area contributed by atoms with E-state index >= 15 is 0 Å². The van der Waals surface area contributed by atoms with E-state index in [-0.39, 0.29) is 23.1 Å². The Balaban J connectivity index is 1.56. The zero-order chi connectivity index (χ0) is 18.7. The number of carbonyl (C=O) groups is 2. The number of amides is 2. The highest BCUT2D eigenvalue weighted by Gasteiger charge is 2.51. The van der Waals surface area contributed by atoms with Crippen molar-refractivity contribution in [3.63, 3.8) is 0 Å². The molecule has 1 atom stereocenters. The molecule has 2 saturated heterocycles. The molecule has 27 heavy (non-hydrogen) atoms. The van der Waals surface area contributed by atoms with Crippen LogP contribution in [0.5, 0.6) is 0 Å². The van der Waals surface area contributed by atoms with Crippen LogP contribution in [0.2, 0.25) is 0 Å². The number of benzene rings is 2. The Morgan fingerprint density at radius 2 is 1.59 bits per heavy atom. The highest BCUT2D eigenvalue weighted by molar-refractivity contribution is 5.97. The minimum absolute atomic E-state index is 0.00326. The minimum Gasteiger partial charge on any atom is -0.381 e. The molecule has 2 aliphatic heterocycles. The molecule has 0 radical (unpaired) electrons. The summed E-state index contributed by atoms with van der Waals surface area (Å²) in [5, 5.41) is 3.04. The third-order valence-electron chi connectivity index (χ3n) is 5.80. The molecule has 1 N–H and O–H groups in total. The molecule has 0 saturated carbocycles. The second kappa shape index (κ2) is 7.53. The number of likely N-dealkylation sites (tertiary alicyclic amines) is 1. The monoisotopic (exact) mass is 364 g/mol. The molecule has 2 heterocycles. The first-order valence-electron chi connectivity index (χ1n) is 9.46. The zero-order valence-electron chi connectivity index (χ0n) is 15.3. The van der Waals surface area contributed by atoms with Gasteiger partial charge in [0, 0.05) is 43.0 Å². The lowest BCUT2D eigenvalue weighted by Gasteiger charge is -2.37. The van der Waals surface area contributed by atoms with Gasteiger partial charge in [0.05, 0.1) is 5.92 Å². The average molecular weight is 364 g/mol. The van der Waals surface area contributed by atoms with Gasteiger partial charge in [-0.1, -0.05) is 36.4 Å². The number of ether oxygens (including phenoxy) is 1. The third-order valence-corrected chi connectivity index (χ3v) is 5.80. The molecule has 2 fully saturated rings. The second-order valence-electron chi connectivity index (χ2n) is 7.43. The molecule has 4 rings (SSSR count). The Bertz CT molecular complexity index is 801. The predicted molar refractivity (Wildman–Crippen MR) is 103 cm³/mol. The maximum Gasteiger partial charge on any atom is 0.253 e. The first-order valence-corrected chi connectivity index (χ1v) is 9.46. The predicted octanol–water partition coefficient (Wildman–Crippen LogP) is 3.19. The van der Waals surface area contributed by atoms with E-state index in [0.29, 0.717) is 31.9 Å². The molecule has 0 aromatic heterocycles. The van der Waals surface area contributed by atoms with Gasteiger partial charge in [-0.25, -0.2) is 0 Å². The van der Waals surface area contributed by atoms with Gasteiger partial charge in [0.1, 0.15) is 0 Å². The number of para-hydroxylation sites is 1. The summed E-state index contributed by atoms with van der Waals surface area (Å²) in [7, 11) is 0. The van der Waals surface area contributed by atoms with Crippen molar-refractivity contribution in [1.29, 1.82) is 0 Å². The molecule has 2 amide bonds. The molecule has 2 aromatic rings. The van der Waals surface area contributed by atoms with E-state index in [1.165, 1.54) is 0 Å². The molecule has 2 aromatic carbocycles. The summed E-state index contributed by atoms with van der Waals surface area (Å²) in [5.41, 5.74) is 1.25. The first kappa shape index (κ1) is 17.7. The second-order valence-corrected chi connectivity index (χ2v) is 7.43. The zero-order valence-corrected chi connectivity index (χ0v) is 15.3. The number of rotatable bonds is 3. The molecule has 140 valence electrons. The number of hydrogen-bond acceptors (Lipinski definition) is 3. The number of carbonyl (C=O) groups excluding carboxylic acids is 2. The van der Waals surface area contributed by atoms with E-state index in [4.69, 9.17) is 4.74 Å². The maximum absolute atomic E-state index is 13.1. The number of anilines is 1. The Morgan fingerprint density at radius 1 is 0.963 bits per heavy atom. The SMILES string of the molecule is O=C(Nc1ccccc1)C1CN(C(=O)c2ccccc2)CC12CCOCC2. The van der Waals surface area contributed by atoms with E-state index < -0.39 is 0 Å². The van der Waals surface area contributed by atoms with Crippen molar-refractivity contribution in [2.45, 2.75) is 12.8 Å². The number of nitrogens with zero attached hydrogens (tertiary/aromatic N) is 1. The fourth-order valence-electron chi connectivity index (χ4n) is 4.28. The average Bonchev–Trinajstić information content (AvgIpc) is 3.08. The van der Waals surface area contributed by atoms with Crippen molar-refractivity contribution in [1.82, 2.24) is 4.90 Å². The summed E-state index contributed by atoms with van der Waals surface area (Å²) >= 11 is 0.